The Morgan fingerprint density at radius 1 is 1.24 bits per heavy atom. The second kappa shape index (κ2) is 11.3. The molecule has 2 amide bonds. The van der Waals surface area contributed by atoms with E-state index in [1.165, 1.54) is 6.92 Å². The van der Waals surface area contributed by atoms with E-state index in [9.17, 15) is 41.0 Å². The van der Waals surface area contributed by atoms with Gasteiger partial charge in [0.05, 0.1) is 19.3 Å². The molecule has 4 aromatic rings. The second-order valence-corrected chi connectivity index (χ2v) is 10.9. The lowest BCUT2D eigenvalue weighted by Crippen LogP contribution is -2.51. The smallest absolute Gasteiger partial charge is 0.424 e. The van der Waals surface area contributed by atoms with Gasteiger partial charge in [0.25, 0.3) is 5.91 Å². The maximum absolute atomic E-state index is 15.1. The van der Waals surface area contributed by atoms with Crippen LogP contribution in [0, 0.1) is 11.6 Å². The van der Waals surface area contributed by atoms with Crippen molar-refractivity contribution < 1.29 is 54.9 Å². The molecule has 1 aliphatic rings. The first-order valence-electron chi connectivity index (χ1n) is 13.0. The monoisotopic (exact) mass is 675 g/mol. The minimum absolute atomic E-state index is 0.00784. The Morgan fingerprint density at radius 2 is 1.93 bits per heavy atom. The van der Waals surface area contributed by atoms with Crippen LogP contribution in [0.4, 0.5) is 30.7 Å². The molecule has 0 radical (unpaired) electrons. The summed E-state index contributed by atoms with van der Waals surface area (Å²) < 4.78 is 110. The van der Waals surface area contributed by atoms with Crippen LogP contribution in [0.3, 0.4) is 0 Å². The lowest BCUT2D eigenvalue weighted by atomic mass is 9.81. The fraction of sp³-hybridized carbons (Fsp3) is 0.286. The van der Waals surface area contributed by atoms with Gasteiger partial charge in [-0.2, -0.15) is 27.1 Å². The number of benzene rings is 2. The first kappa shape index (κ1) is 32.7. The van der Waals surface area contributed by atoms with Gasteiger partial charge in [-0.15, -0.1) is 0 Å². The molecular weight excluding hydrogens is 655 g/mol. The molecule has 10 nitrogen and oxygen atoms in total. The molecule has 0 fully saturated rings. The van der Waals surface area contributed by atoms with Gasteiger partial charge in [0.1, 0.15) is 45.6 Å². The van der Waals surface area contributed by atoms with Crippen molar-refractivity contribution in [3.05, 3.63) is 70.0 Å². The third-order valence-corrected chi connectivity index (χ3v) is 7.92. The van der Waals surface area contributed by atoms with E-state index in [0.29, 0.717) is 6.07 Å². The highest BCUT2D eigenvalue weighted by Gasteiger charge is 2.58. The number of carbonyl (C=O) groups is 2. The molecule has 46 heavy (non-hydrogen) atoms. The summed E-state index contributed by atoms with van der Waals surface area (Å²) in [6.45, 7) is -3.89. The fourth-order valence-electron chi connectivity index (χ4n) is 4.85. The lowest BCUT2D eigenvalue weighted by Gasteiger charge is -2.31. The molecule has 5 rings (SSSR count). The zero-order valence-corrected chi connectivity index (χ0v) is 24.2. The summed E-state index contributed by atoms with van der Waals surface area (Å²) in [4.78, 5) is 29.3. The summed E-state index contributed by atoms with van der Waals surface area (Å²) >= 11 is 5.69. The molecule has 0 saturated heterocycles. The molecule has 3 heterocycles. The number of nitrogens with zero attached hydrogens (tertiary/aromatic N) is 3. The van der Waals surface area contributed by atoms with E-state index in [1.807, 2.05) is 5.32 Å². The summed E-state index contributed by atoms with van der Waals surface area (Å²) in [7, 11) is 1.15. The van der Waals surface area contributed by atoms with E-state index in [2.05, 4.69) is 10.1 Å². The van der Waals surface area contributed by atoms with E-state index in [1.54, 1.807) is 0 Å². The van der Waals surface area contributed by atoms with E-state index in [0.717, 1.165) is 37.6 Å². The summed E-state index contributed by atoms with van der Waals surface area (Å²) in [6.07, 6.45) is -4.68. The van der Waals surface area contributed by atoms with Crippen molar-refractivity contribution in [3.8, 4) is 22.8 Å². The highest BCUT2D eigenvalue weighted by molar-refractivity contribution is 6.31. The van der Waals surface area contributed by atoms with Crippen molar-refractivity contribution in [1.29, 1.82) is 0 Å². The number of hydrogen-bond acceptors (Lipinski definition) is 7. The van der Waals surface area contributed by atoms with Crippen LogP contribution in [0.5, 0.6) is 11.5 Å². The number of nitrogens with two attached hydrogens (primary N) is 1. The number of halogens is 8. The number of methoxy groups -OCH3 is 1. The molecule has 2 atom stereocenters. The number of alkyl halides is 5. The number of aliphatic hydroxyl groups is 1. The van der Waals surface area contributed by atoms with E-state index in [4.69, 9.17) is 26.8 Å². The Labute approximate surface area is 258 Å². The first-order valence-corrected chi connectivity index (χ1v) is 13.4. The Kier molecular flexibility index (Phi) is 8.05. The van der Waals surface area contributed by atoms with Gasteiger partial charge >= 0.3 is 12.7 Å². The number of ether oxygens (including phenoxy) is 2. The van der Waals surface area contributed by atoms with Crippen LogP contribution in [-0.4, -0.2) is 58.1 Å². The standard InChI is InChI=1S/C28H21ClF7N5O5/c1-26(24(37)43)10-46-22-14(26)7-17(39-21(22)13-3-4-15(30)18(29)19(13)31)27(44,28(34,35)36)9-38-23(42)11-5-12-8-41(25(32)33)40-20(12)16(6-11)45-2/h3-8,25,44H,9-10H2,1-2H3,(H2,37,43)(H,38,42)/t26-,27?/m0/s1. The Balaban J connectivity index is 1.61. The molecular formula is C28H21ClF7N5O5. The Morgan fingerprint density at radius 3 is 2.54 bits per heavy atom. The highest BCUT2D eigenvalue weighted by atomic mass is 35.5. The topological polar surface area (TPSA) is 142 Å². The van der Waals surface area contributed by atoms with Gasteiger partial charge in [0, 0.05) is 28.3 Å². The van der Waals surface area contributed by atoms with Crippen LogP contribution in [0.1, 0.15) is 35.1 Å². The first-order chi connectivity index (χ1) is 21.4. The number of primary amides is 1. The summed E-state index contributed by atoms with van der Waals surface area (Å²) in [5, 5.41) is 15.7. The zero-order valence-electron chi connectivity index (χ0n) is 23.5. The van der Waals surface area contributed by atoms with Crippen LogP contribution in [-0.2, 0) is 15.8 Å². The molecule has 0 spiro atoms. The summed E-state index contributed by atoms with van der Waals surface area (Å²) in [5.74, 6) is -5.38. The van der Waals surface area contributed by atoms with Crippen LogP contribution >= 0.6 is 11.6 Å². The number of pyridine rings is 1. The predicted octanol–water partition coefficient (Wildman–Crippen LogP) is 4.75. The predicted molar refractivity (Wildman–Crippen MR) is 146 cm³/mol. The normalized spacial score (nSPS) is 17.5. The number of aromatic nitrogens is 3. The van der Waals surface area contributed by atoms with Gasteiger partial charge in [0.15, 0.2) is 5.82 Å². The highest BCUT2D eigenvalue weighted by Crippen LogP contribution is 2.48. The lowest BCUT2D eigenvalue weighted by molar-refractivity contribution is -0.265. The number of rotatable bonds is 8. The summed E-state index contributed by atoms with van der Waals surface area (Å²) in [6, 6.07) is 4.33. The molecule has 1 unspecified atom stereocenters. The second-order valence-electron chi connectivity index (χ2n) is 10.5. The molecule has 2 aromatic heterocycles. The average molecular weight is 676 g/mol. The van der Waals surface area contributed by atoms with E-state index >= 15 is 4.39 Å². The summed E-state index contributed by atoms with van der Waals surface area (Å²) in [5.41, 5.74) is -3.49. The molecule has 0 saturated carbocycles. The fourth-order valence-corrected chi connectivity index (χ4v) is 5.01. The minimum Gasteiger partial charge on any atom is -0.494 e. The van der Waals surface area contributed by atoms with Crippen molar-refractivity contribution in [2.75, 3.05) is 20.3 Å². The van der Waals surface area contributed by atoms with Gasteiger partial charge in [-0.25, -0.2) is 18.4 Å². The van der Waals surface area contributed by atoms with Gasteiger partial charge in [-0.05, 0) is 37.3 Å². The average Bonchev–Trinajstić information content (AvgIpc) is 3.59. The van der Waals surface area contributed by atoms with Crippen molar-refractivity contribution in [2.45, 2.75) is 30.7 Å². The van der Waals surface area contributed by atoms with Crippen molar-refractivity contribution in [1.82, 2.24) is 20.1 Å². The quantitative estimate of drug-likeness (QED) is 0.181. The molecule has 1 aliphatic heterocycles. The van der Waals surface area contributed by atoms with Crippen LogP contribution < -0.4 is 20.5 Å². The Hall–Kier alpha value is -4.64. The van der Waals surface area contributed by atoms with Crippen molar-refractivity contribution in [3.63, 3.8) is 0 Å². The largest absolute Gasteiger partial charge is 0.494 e. The maximum Gasteiger partial charge on any atom is 0.424 e. The Bertz CT molecular complexity index is 1900. The molecule has 0 aliphatic carbocycles. The third-order valence-electron chi connectivity index (χ3n) is 7.58. The third kappa shape index (κ3) is 5.22. The van der Waals surface area contributed by atoms with Gasteiger partial charge in [-0.3, -0.25) is 9.59 Å². The van der Waals surface area contributed by atoms with Crippen LogP contribution in [0.15, 0.2) is 36.5 Å². The maximum atomic E-state index is 15.1. The van der Waals surface area contributed by atoms with Crippen LogP contribution in [0.25, 0.3) is 22.2 Å². The van der Waals surface area contributed by atoms with Crippen LogP contribution in [0.2, 0.25) is 5.02 Å². The molecule has 18 heteroatoms. The van der Waals surface area contributed by atoms with E-state index < -0.39 is 82.3 Å². The van der Waals surface area contributed by atoms with Crippen molar-refractivity contribution >= 4 is 34.3 Å². The molecule has 0 bridgehead atoms. The van der Waals surface area contributed by atoms with Gasteiger partial charge < -0.3 is 25.6 Å². The van der Waals surface area contributed by atoms with E-state index in [-0.39, 0.29) is 38.2 Å². The molecule has 244 valence electrons. The number of nitrogens with one attached hydrogen (secondary N) is 1. The number of amides is 2. The molecule has 4 N–H and O–H groups in total. The SMILES string of the molecule is COc1cc(C(=O)NCC(O)(c2cc3c(c(-c4ccc(F)c(Cl)c4F)n2)OC[C@]3(C)C(N)=O)C(F)(F)F)cc2cn(C(F)F)nc12. The zero-order chi connectivity index (χ0) is 33.9. The minimum atomic E-state index is -5.57. The number of carbonyl (C=O) groups excluding carboxylic acids is 2. The number of hydrogen-bond donors (Lipinski definition) is 3. The number of fused-ring (bicyclic) bond motifs is 2. The van der Waals surface area contributed by atoms with Crippen molar-refractivity contribution in [2.24, 2.45) is 5.73 Å². The molecule has 2 aromatic carbocycles. The van der Waals surface area contributed by atoms with Gasteiger partial charge in [0.2, 0.25) is 11.5 Å². The van der Waals surface area contributed by atoms with Gasteiger partial charge in [-0.1, -0.05) is 11.6 Å².